The van der Waals surface area contributed by atoms with Gasteiger partial charge in [0.15, 0.2) is 5.69 Å². The monoisotopic (exact) mass is 351 g/mol. The third kappa shape index (κ3) is 3.33. The Morgan fingerprint density at radius 2 is 2.29 bits per heavy atom. The highest BCUT2D eigenvalue weighted by atomic mass is 35.5. The van der Waals surface area contributed by atoms with Gasteiger partial charge >= 0.3 is 5.76 Å². The Bertz CT molecular complexity index is 800. The van der Waals surface area contributed by atoms with E-state index in [1.54, 1.807) is 4.90 Å². The van der Waals surface area contributed by atoms with E-state index in [1.165, 1.54) is 6.20 Å². The molecule has 0 radical (unpaired) electrons. The summed E-state index contributed by atoms with van der Waals surface area (Å²) in [7, 11) is 0. The lowest BCUT2D eigenvalue weighted by Crippen LogP contribution is -2.39. The molecule has 1 amide bonds. The van der Waals surface area contributed by atoms with Gasteiger partial charge in [-0.05, 0) is 12.8 Å². The highest BCUT2D eigenvalue weighted by Gasteiger charge is 2.30. The zero-order valence-electron chi connectivity index (χ0n) is 13.5. The van der Waals surface area contributed by atoms with Crippen LogP contribution in [0.3, 0.4) is 0 Å². The minimum Gasteiger partial charge on any atom is -0.392 e. The predicted molar refractivity (Wildman–Crippen MR) is 86.1 cm³/mol. The van der Waals surface area contributed by atoms with E-state index in [2.05, 4.69) is 20.2 Å². The van der Waals surface area contributed by atoms with Crippen molar-refractivity contribution < 1.29 is 9.21 Å². The van der Waals surface area contributed by atoms with Gasteiger partial charge in [-0.1, -0.05) is 25.4 Å². The van der Waals surface area contributed by atoms with Crippen molar-refractivity contribution in [3.05, 3.63) is 39.2 Å². The van der Waals surface area contributed by atoms with E-state index in [4.69, 9.17) is 16.0 Å². The van der Waals surface area contributed by atoms with Crippen molar-refractivity contribution in [1.29, 1.82) is 0 Å². The third-order valence-electron chi connectivity index (χ3n) is 3.99. The average molecular weight is 352 g/mol. The van der Waals surface area contributed by atoms with Crippen LogP contribution in [-0.4, -0.2) is 44.1 Å². The molecule has 0 bridgehead atoms. The smallest absolute Gasteiger partial charge is 0.392 e. The topological polar surface area (TPSA) is 105 Å². The molecular formula is C15H18ClN5O3. The number of hydrogen-bond acceptors (Lipinski definition) is 6. The molecule has 2 aromatic rings. The molecule has 24 heavy (non-hydrogen) atoms. The van der Waals surface area contributed by atoms with Gasteiger partial charge in [-0.3, -0.25) is 4.79 Å². The first kappa shape index (κ1) is 16.6. The third-order valence-corrected chi connectivity index (χ3v) is 4.27. The summed E-state index contributed by atoms with van der Waals surface area (Å²) in [5, 5.41) is 6.35. The van der Waals surface area contributed by atoms with Gasteiger partial charge in [0.1, 0.15) is 5.82 Å². The zero-order chi connectivity index (χ0) is 17.3. The van der Waals surface area contributed by atoms with Gasteiger partial charge in [0.2, 0.25) is 5.89 Å². The maximum absolute atomic E-state index is 12.8. The van der Waals surface area contributed by atoms with Gasteiger partial charge in [-0.25, -0.2) is 19.9 Å². The van der Waals surface area contributed by atoms with E-state index >= 15 is 0 Å². The Balaban J connectivity index is 1.82. The Kier molecular flexibility index (Phi) is 4.66. The van der Waals surface area contributed by atoms with Gasteiger partial charge in [-0.2, -0.15) is 0 Å². The number of aromatic amines is 1. The van der Waals surface area contributed by atoms with Gasteiger partial charge < -0.3 is 9.32 Å². The van der Waals surface area contributed by atoms with Crippen LogP contribution in [0, 0.1) is 0 Å². The SMILES string of the molecule is CC(C)c1ncc(Cl)c(C(=O)N2CCCC(c3n[nH]c(=O)o3)C2)n1. The molecule has 1 saturated heterocycles. The summed E-state index contributed by atoms with van der Waals surface area (Å²) < 4.78 is 5.02. The molecule has 1 fully saturated rings. The summed E-state index contributed by atoms with van der Waals surface area (Å²) in [6, 6.07) is 0. The first-order valence-electron chi connectivity index (χ1n) is 7.82. The minimum atomic E-state index is -0.589. The molecule has 0 aliphatic carbocycles. The number of piperidine rings is 1. The number of hydrogen-bond donors (Lipinski definition) is 1. The molecule has 3 heterocycles. The molecule has 0 saturated carbocycles. The van der Waals surface area contributed by atoms with Crippen LogP contribution in [0.15, 0.2) is 15.4 Å². The van der Waals surface area contributed by atoms with Crippen molar-refractivity contribution >= 4 is 17.5 Å². The second kappa shape index (κ2) is 6.72. The van der Waals surface area contributed by atoms with Crippen LogP contribution in [0.1, 0.15) is 60.7 Å². The summed E-state index contributed by atoms with van der Waals surface area (Å²) in [6.07, 6.45) is 3.05. The standard InChI is InChI=1S/C15H18ClN5O3/c1-8(2)12-17-6-10(16)11(18-12)14(22)21-5-3-4-9(7-21)13-19-20-15(23)24-13/h6,8-9H,3-5,7H2,1-2H3,(H,20,23). The second-order valence-corrected chi connectivity index (χ2v) is 6.53. The molecule has 1 aliphatic heterocycles. The number of rotatable bonds is 3. The maximum atomic E-state index is 12.8. The number of nitrogens with zero attached hydrogens (tertiary/aromatic N) is 4. The van der Waals surface area contributed by atoms with E-state index in [0.29, 0.717) is 24.8 Å². The maximum Gasteiger partial charge on any atom is 0.434 e. The number of nitrogens with one attached hydrogen (secondary N) is 1. The molecule has 1 unspecified atom stereocenters. The van der Waals surface area contributed by atoms with Crippen LogP contribution in [-0.2, 0) is 0 Å². The zero-order valence-corrected chi connectivity index (χ0v) is 14.2. The molecule has 9 heteroatoms. The molecular weight excluding hydrogens is 334 g/mol. The lowest BCUT2D eigenvalue weighted by Gasteiger charge is -2.31. The molecule has 2 aromatic heterocycles. The normalized spacial score (nSPS) is 18.2. The fourth-order valence-corrected chi connectivity index (χ4v) is 2.91. The lowest BCUT2D eigenvalue weighted by atomic mass is 9.98. The van der Waals surface area contributed by atoms with Crippen LogP contribution in [0.2, 0.25) is 5.02 Å². The van der Waals surface area contributed by atoms with E-state index in [-0.39, 0.29) is 28.5 Å². The van der Waals surface area contributed by atoms with Crippen LogP contribution in [0.25, 0.3) is 0 Å². The molecule has 0 aromatic carbocycles. The highest BCUT2D eigenvalue weighted by molar-refractivity contribution is 6.33. The lowest BCUT2D eigenvalue weighted by molar-refractivity contribution is 0.0691. The predicted octanol–water partition coefficient (Wildman–Crippen LogP) is 1.95. The Labute approximate surface area is 143 Å². The van der Waals surface area contributed by atoms with Gasteiger partial charge in [0.25, 0.3) is 5.91 Å². The number of amides is 1. The van der Waals surface area contributed by atoms with Gasteiger partial charge in [0.05, 0.1) is 17.1 Å². The van der Waals surface area contributed by atoms with E-state index in [0.717, 1.165) is 12.8 Å². The molecule has 1 atom stereocenters. The molecule has 3 rings (SSSR count). The minimum absolute atomic E-state index is 0.0984. The number of carbonyl (C=O) groups is 1. The van der Waals surface area contributed by atoms with Crippen molar-refractivity contribution in [1.82, 2.24) is 25.1 Å². The largest absolute Gasteiger partial charge is 0.434 e. The van der Waals surface area contributed by atoms with Gasteiger partial charge in [0, 0.05) is 19.0 Å². The first-order valence-corrected chi connectivity index (χ1v) is 8.20. The average Bonchev–Trinajstić information content (AvgIpc) is 3.01. The van der Waals surface area contributed by atoms with Crippen molar-refractivity contribution in [2.75, 3.05) is 13.1 Å². The number of likely N-dealkylation sites (tertiary alicyclic amines) is 1. The fourth-order valence-electron chi connectivity index (χ4n) is 2.74. The second-order valence-electron chi connectivity index (χ2n) is 6.12. The highest BCUT2D eigenvalue weighted by Crippen LogP contribution is 2.27. The number of H-pyrrole nitrogens is 1. The Morgan fingerprint density at radius 1 is 1.50 bits per heavy atom. The van der Waals surface area contributed by atoms with E-state index < -0.39 is 5.76 Å². The quantitative estimate of drug-likeness (QED) is 0.906. The van der Waals surface area contributed by atoms with Crippen LogP contribution in [0.4, 0.5) is 0 Å². The van der Waals surface area contributed by atoms with Crippen molar-refractivity contribution in [3.63, 3.8) is 0 Å². The van der Waals surface area contributed by atoms with Crippen molar-refractivity contribution in [3.8, 4) is 0 Å². The summed E-state index contributed by atoms with van der Waals surface area (Å²) in [6.45, 7) is 4.91. The summed E-state index contributed by atoms with van der Waals surface area (Å²) in [4.78, 5) is 34.1. The van der Waals surface area contributed by atoms with Crippen molar-refractivity contribution in [2.45, 2.75) is 38.5 Å². The van der Waals surface area contributed by atoms with Crippen LogP contribution in [0.5, 0.6) is 0 Å². The number of aromatic nitrogens is 4. The Morgan fingerprint density at radius 3 is 2.96 bits per heavy atom. The summed E-state index contributed by atoms with van der Waals surface area (Å²) >= 11 is 6.12. The van der Waals surface area contributed by atoms with Crippen LogP contribution >= 0.6 is 11.6 Å². The first-order chi connectivity index (χ1) is 11.5. The molecule has 1 N–H and O–H groups in total. The molecule has 8 nitrogen and oxygen atoms in total. The van der Waals surface area contributed by atoms with Crippen molar-refractivity contribution in [2.24, 2.45) is 0 Å². The van der Waals surface area contributed by atoms with E-state index in [9.17, 15) is 9.59 Å². The summed E-state index contributed by atoms with van der Waals surface area (Å²) in [5.41, 5.74) is 0.208. The number of carbonyl (C=O) groups excluding carboxylic acids is 1. The fraction of sp³-hybridized carbons (Fsp3) is 0.533. The van der Waals surface area contributed by atoms with Gasteiger partial charge in [-0.15, -0.1) is 5.10 Å². The summed E-state index contributed by atoms with van der Waals surface area (Å²) in [5.74, 6) is 0.0533. The molecule has 1 aliphatic rings. The molecule has 0 spiro atoms. The Hall–Kier alpha value is -2.22. The van der Waals surface area contributed by atoms with E-state index in [1.807, 2.05) is 13.8 Å². The molecule has 128 valence electrons. The number of halogens is 1. The van der Waals surface area contributed by atoms with Crippen LogP contribution < -0.4 is 5.76 Å².